The van der Waals surface area contributed by atoms with Crippen molar-refractivity contribution in [3.8, 4) is 0 Å². The smallest absolute Gasteiger partial charge is 0.107 e. The third kappa shape index (κ3) is 3.63. The van der Waals surface area contributed by atoms with Crippen LogP contribution in [0.3, 0.4) is 0 Å². The van der Waals surface area contributed by atoms with Gasteiger partial charge in [0, 0.05) is 49.5 Å². The van der Waals surface area contributed by atoms with Crippen molar-refractivity contribution in [3.05, 3.63) is 35.3 Å². The van der Waals surface area contributed by atoms with E-state index in [1.165, 1.54) is 0 Å². The van der Waals surface area contributed by atoms with Crippen LogP contribution in [-0.2, 0) is 22.6 Å². The first-order chi connectivity index (χ1) is 11.3. The molecule has 2 saturated heterocycles. The molecule has 4 rings (SSSR count). The maximum Gasteiger partial charge on any atom is 0.107 e. The lowest BCUT2D eigenvalue weighted by atomic mass is 9.94. The highest BCUT2D eigenvalue weighted by Crippen LogP contribution is 2.34. The van der Waals surface area contributed by atoms with E-state index in [0.717, 1.165) is 50.8 Å². The van der Waals surface area contributed by atoms with Gasteiger partial charge in [-0.3, -0.25) is 4.90 Å². The van der Waals surface area contributed by atoms with Gasteiger partial charge in [-0.1, -0.05) is 0 Å². The Morgan fingerprint density at radius 2 is 2.39 bits per heavy atom. The predicted octanol–water partition coefficient (Wildman–Crippen LogP) is 1.65. The van der Waals surface area contributed by atoms with Gasteiger partial charge in [0.25, 0.3) is 0 Å². The van der Waals surface area contributed by atoms with E-state index in [1.54, 1.807) is 11.3 Å². The summed E-state index contributed by atoms with van der Waals surface area (Å²) in [5.41, 5.74) is -0.168. The lowest BCUT2D eigenvalue weighted by molar-refractivity contribution is -0.0563. The molecule has 2 aliphatic heterocycles. The quantitative estimate of drug-likeness (QED) is 0.851. The van der Waals surface area contributed by atoms with Gasteiger partial charge in [0.05, 0.1) is 32.7 Å². The van der Waals surface area contributed by atoms with Crippen molar-refractivity contribution in [2.75, 3.05) is 32.9 Å². The summed E-state index contributed by atoms with van der Waals surface area (Å²) in [6, 6.07) is 0. The maximum absolute atomic E-state index is 6.25. The molecule has 0 amide bonds. The molecular weight excluding hydrogens is 312 g/mol. The van der Waals surface area contributed by atoms with Gasteiger partial charge in [-0.05, 0) is 6.42 Å². The number of rotatable bonds is 4. The van der Waals surface area contributed by atoms with E-state index >= 15 is 0 Å². The molecule has 2 aliphatic rings. The first kappa shape index (κ1) is 15.3. The van der Waals surface area contributed by atoms with E-state index < -0.39 is 0 Å². The first-order valence-electron chi connectivity index (χ1n) is 8.10. The molecule has 2 unspecified atom stereocenters. The molecule has 0 radical (unpaired) electrons. The molecule has 6 nitrogen and oxygen atoms in total. The number of hydrogen-bond donors (Lipinski definition) is 0. The number of ether oxygens (including phenoxy) is 2. The molecule has 0 N–H and O–H groups in total. The standard InChI is InChI=1S/C16H22N4O2S/c1-3-20(13-17-1)8-14-7-16(22-10-14)11-19(4-5-21-12-16)9-15-18-2-6-23-15/h1-3,6,13-14H,4-5,7-12H2. The summed E-state index contributed by atoms with van der Waals surface area (Å²) in [5.74, 6) is 0.521. The van der Waals surface area contributed by atoms with Crippen molar-refractivity contribution in [1.29, 1.82) is 0 Å². The molecule has 0 bridgehead atoms. The minimum absolute atomic E-state index is 0.168. The van der Waals surface area contributed by atoms with Crippen LogP contribution >= 0.6 is 11.3 Å². The van der Waals surface area contributed by atoms with Crippen LogP contribution in [0, 0.1) is 5.92 Å². The number of hydrogen-bond acceptors (Lipinski definition) is 6. The van der Waals surface area contributed by atoms with Crippen molar-refractivity contribution < 1.29 is 9.47 Å². The van der Waals surface area contributed by atoms with Gasteiger partial charge in [0.15, 0.2) is 0 Å². The molecule has 124 valence electrons. The number of imidazole rings is 1. The van der Waals surface area contributed by atoms with Gasteiger partial charge in [-0.2, -0.15) is 0 Å². The Morgan fingerprint density at radius 1 is 1.39 bits per heavy atom. The Kier molecular flexibility index (Phi) is 4.43. The molecule has 7 heteroatoms. The zero-order valence-electron chi connectivity index (χ0n) is 13.1. The van der Waals surface area contributed by atoms with Crippen molar-refractivity contribution in [3.63, 3.8) is 0 Å². The van der Waals surface area contributed by atoms with Crippen molar-refractivity contribution in [2.24, 2.45) is 5.92 Å². The van der Waals surface area contributed by atoms with Crippen LogP contribution in [0.4, 0.5) is 0 Å². The fraction of sp³-hybridized carbons (Fsp3) is 0.625. The van der Waals surface area contributed by atoms with Gasteiger partial charge in [-0.25, -0.2) is 9.97 Å². The zero-order valence-corrected chi connectivity index (χ0v) is 14.0. The average molecular weight is 334 g/mol. The summed E-state index contributed by atoms with van der Waals surface area (Å²) in [6.07, 6.45) is 8.64. The fourth-order valence-electron chi connectivity index (χ4n) is 3.60. The Balaban J connectivity index is 1.40. The third-order valence-corrected chi connectivity index (χ3v) is 5.35. The van der Waals surface area contributed by atoms with Crippen LogP contribution in [0.2, 0.25) is 0 Å². The van der Waals surface area contributed by atoms with E-state index in [9.17, 15) is 0 Å². The number of aromatic nitrogens is 3. The molecule has 0 aliphatic carbocycles. The third-order valence-electron chi connectivity index (χ3n) is 4.59. The topological polar surface area (TPSA) is 52.4 Å². The van der Waals surface area contributed by atoms with Gasteiger partial charge >= 0.3 is 0 Å². The molecule has 2 aromatic rings. The van der Waals surface area contributed by atoms with Crippen molar-refractivity contribution >= 4 is 11.3 Å². The second-order valence-corrected chi connectivity index (χ2v) is 7.49. The van der Waals surface area contributed by atoms with Crippen molar-refractivity contribution in [2.45, 2.75) is 25.1 Å². The van der Waals surface area contributed by atoms with E-state index in [0.29, 0.717) is 12.5 Å². The summed E-state index contributed by atoms with van der Waals surface area (Å²) in [7, 11) is 0. The largest absolute Gasteiger partial charge is 0.377 e. The fourth-order valence-corrected chi connectivity index (χ4v) is 4.26. The molecule has 1 spiro atoms. The summed E-state index contributed by atoms with van der Waals surface area (Å²) >= 11 is 1.71. The molecule has 2 fully saturated rings. The van der Waals surface area contributed by atoms with Crippen LogP contribution in [0.1, 0.15) is 11.4 Å². The number of nitrogens with zero attached hydrogens (tertiary/aromatic N) is 4. The Bertz CT molecular complexity index is 604. The molecule has 4 heterocycles. The maximum atomic E-state index is 6.25. The van der Waals surface area contributed by atoms with Crippen molar-refractivity contribution in [1.82, 2.24) is 19.4 Å². The average Bonchev–Trinajstić information content (AvgIpc) is 3.25. The van der Waals surface area contributed by atoms with Gasteiger partial charge in [-0.15, -0.1) is 11.3 Å². The van der Waals surface area contributed by atoms with Gasteiger partial charge in [0.1, 0.15) is 10.6 Å². The predicted molar refractivity (Wildman–Crippen MR) is 87.2 cm³/mol. The normalized spacial score (nSPS) is 29.1. The highest BCUT2D eigenvalue weighted by atomic mass is 32.1. The Hall–Kier alpha value is -1.28. The molecule has 0 saturated carbocycles. The minimum Gasteiger partial charge on any atom is -0.377 e. The molecule has 23 heavy (non-hydrogen) atoms. The van der Waals surface area contributed by atoms with Crippen LogP contribution in [0.5, 0.6) is 0 Å². The highest BCUT2D eigenvalue weighted by Gasteiger charge is 2.43. The molecular formula is C16H22N4O2S. The second kappa shape index (κ2) is 6.68. The first-order valence-corrected chi connectivity index (χ1v) is 8.97. The van der Waals surface area contributed by atoms with Gasteiger partial charge in [0.2, 0.25) is 0 Å². The Labute approximate surface area is 140 Å². The second-order valence-electron chi connectivity index (χ2n) is 6.51. The molecule has 2 atom stereocenters. The Morgan fingerprint density at radius 3 is 3.22 bits per heavy atom. The summed E-state index contributed by atoms with van der Waals surface area (Å²) in [4.78, 5) is 10.9. The van der Waals surface area contributed by atoms with Crippen LogP contribution in [0.15, 0.2) is 30.3 Å². The number of thiazole rings is 1. The summed E-state index contributed by atoms with van der Waals surface area (Å²) in [6.45, 7) is 5.98. The van der Waals surface area contributed by atoms with E-state index in [4.69, 9.17) is 9.47 Å². The van der Waals surface area contributed by atoms with E-state index in [-0.39, 0.29) is 5.60 Å². The zero-order chi connectivity index (χ0) is 15.5. The van der Waals surface area contributed by atoms with Crippen LogP contribution in [0.25, 0.3) is 0 Å². The lowest BCUT2D eigenvalue weighted by Crippen LogP contribution is -2.43. The molecule has 2 aromatic heterocycles. The van der Waals surface area contributed by atoms with Gasteiger partial charge < -0.3 is 14.0 Å². The summed E-state index contributed by atoms with van der Waals surface area (Å²) in [5, 5.41) is 3.20. The minimum atomic E-state index is -0.168. The highest BCUT2D eigenvalue weighted by molar-refractivity contribution is 7.09. The van der Waals surface area contributed by atoms with Crippen LogP contribution in [-0.4, -0.2) is 57.9 Å². The van der Waals surface area contributed by atoms with E-state index in [2.05, 4.69) is 19.4 Å². The summed E-state index contributed by atoms with van der Waals surface area (Å²) < 4.78 is 14.3. The lowest BCUT2D eigenvalue weighted by Gasteiger charge is -2.30. The molecule has 0 aromatic carbocycles. The monoisotopic (exact) mass is 334 g/mol. The SMILES string of the molecule is c1cn(CC2COC3(COCCN(Cc4nccs4)C3)C2)cn1. The van der Waals surface area contributed by atoms with E-state index in [1.807, 2.05) is 30.3 Å². The van der Waals surface area contributed by atoms with Crippen LogP contribution < -0.4 is 0 Å².